The van der Waals surface area contributed by atoms with E-state index in [1.165, 1.54) is 0 Å². The number of aromatic nitrogens is 1. The lowest BCUT2D eigenvalue weighted by Crippen LogP contribution is -2.25. The zero-order valence-electron chi connectivity index (χ0n) is 14.0. The largest absolute Gasteiger partial charge is 0.441 e. The number of hydrogen-bond donors (Lipinski definition) is 2. The first-order valence-electron chi connectivity index (χ1n) is 8.13. The normalized spacial score (nSPS) is 10.6. The van der Waals surface area contributed by atoms with Gasteiger partial charge in [-0.15, -0.1) is 0 Å². The van der Waals surface area contributed by atoms with Gasteiger partial charge in [-0.25, -0.2) is 4.98 Å². The van der Waals surface area contributed by atoms with Crippen LogP contribution >= 0.6 is 0 Å². The number of amides is 1. The standard InChI is InChI=1S/C20H20N2O3/c1-14-18(22-20(25-14)15-7-3-2-4-8-15)11-19(24)21-12-16-9-5-6-10-17(16)13-23/h2-10,23H,11-13H2,1H3,(H,21,24). The molecule has 5 nitrogen and oxygen atoms in total. The van der Waals surface area contributed by atoms with Crippen molar-refractivity contribution in [2.24, 2.45) is 0 Å². The molecular formula is C20H20N2O3. The molecular weight excluding hydrogens is 316 g/mol. The summed E-state index contributed by atoms with van der Waals surface area (Å²) >= 11 is 0. The highest BCUT2D eigenvalue weighted by molar-refractivity contribution is 5.78. The molecule has 0 saturated heterocycles. The van der Waals surface area contributed by atoms with Crippen LogP contribution in [0.4, 0.5) is 0 Å². The molecule has 0 spiro atoms. The van der Waals surface area contributed by atoms with Gasteiger partial charge in [0.15, 0.2) is 0 Å². The first-order valence-corrected chi connectivity index (χ1v) is 8.13. The number of nitrogens with zero attached hydrogens (tertiary/aromatic N) is 1. The molecule has 2 aromatic carbocycles. The Hall–Kier alpha value is -2.92. The van der Waals surface area contributed by atoms with Crippen LogP contribution in [0, 0.1) is 6.92 Å². The summed E-state index contributed by atoms with van der Waals surface area (Å²) in [6.45, 7) is 2.13. The van der Waals surface area contributed by atoms with Crippen molar-refractivity contribution >= 4 is 5.91 Å². The fourth-order valence-electron chi connectivity index (χ4n) is 2.59. The summed E-state index contributed by atoms with van der Waals surface area (Å²) in [5, 5.41) is 12.2. The molecule has 2 N–H and O–H groups in total. The van der Waals surface area contributed by atoms with Crippen LogP contribution in [0.1, 0.15) is 22.6 Å². The van der Waals surface area contributed by atoms with Crippen molar-refractivity contribution in [3.63, 3.8) is 0 Å². The molecule has 1 heterocycles. The number of aliphatic hydroxyl groups is 1. The summed E-state index contributed by atoms with van der Waals surface area (Å²) in [4.78, 5) is 16.7. The number of nitrogens with one attached hydrogen (secondary N) is 1. The Labute approximate surface area is 146 Å². The Morgan fingerprint density at radius 2 is 1.76 bits per heavy atom. The molecule has 1 aromatic heterocycles. The molecule has 3 rings (SSSR count). The van der Waals surface area contributed by atoms with E-state index in [-0.39, 0.29) is 18.9 Å². The first kappa shape index (κ1) is 16.9. The summed E-state index contributed by atoms with van der Waals surface area (Å²) < 4.78 is 5.68. The molecule has 0 aliphatic rings. The third-order valence-corrected chi connectivity index (χ3v) is 4.01. The van der Waals surface area contributed by atoms with E-state index < -0.39 is 0 Å². The van der Waals surface area contributed by atoms with Gasteiger partial charge in [0.1, 0.15) is 5.76 Å². The van der Waals surface area contributed by atoms with E-state index in [9.17, 15) is 9.90 Å². The van der Waals surface area contributed by atoms with Crippen molar-refractivity contribution in [3.05, 3.63) is 77.2 Å². The zero-order valence-corrected chi connectivity index (χ0v) is 14.0. The third kappa shape index (κ3) is 4.14. The van der Waals surface area contributed by atoms with E-state index in [0.717, 1.165) is 16.7 Å². The van der Waals surface area contributed by atoms with Crippen LogP contribution in [0.25, 0.3) is 11.5 Å². The van der Waals surface area contributed by atoms with Crippen LogP contribution < -0.4 is 5.32 Å². The van der Waals surface area contributed by atoms with Crippen LogP contribution in [-0.2, 0) is 24.4 Å². The number of aliphatic hydroxyl groups excluding tert-OH is 1. The molecule has 0 aliphatic carbocycles. The Bertz CT molecular complexity index is 856. The van der Waals surface area contributed by atoms with Gasteiger partial charge in [-0.05, 0) is 30.2 Å². The Kier molecular flexibility index (Phi) is 5.26. The summed E-state index contributed by atoms with van der Waals surface area (Å²) in [5.41, 5.74) is 3.23. The smallest absolute Gasteiger partial charge is 0.226 e. The van der Waals surface area contributed by atoms with Crippen LogP contribution in [0.2, 0.25) is 0 Å². The van der Waals surface area contributed by atoms with Gasteiger partial charge in [-0.2, -0.15) is 0 Å². The second-order valence-electron chi connectivity index (χ2n) is 5.77. The van der Waals surface area contributed by atoms with Crippen molar-refractivity contribution < 1.29 is 14.3 Å². The molecule has 1 amide bonds. The lowest BCUT2D eigenvalue weighted by molar-refractivity contribution is -0.120. The monoisotopic (exact) mass is 336 g/mol. The number of carbonyl (C=O) groups excluding carboxylic acids is 1. The molecule has 25 heavy (non-hydrogen) atoms. The van der Waals surface area contributed by atoms with Gasteiger partial charge >= 0.3 is 0 Å². The average Bonchev–Trinajstić information content (AvgIpc) is 3.01. The highest BCUT2D eigenvalue weighted by Gasteiger charge is 2.14. The molecule has 0 unspecified atom stereocenters. The van der Waals surface area contributed by atoms with E-state index >= 15 is 0 Å². The predicted octanol–water partition coefficient (Wildman–Crippen LogP) is 3.00. The molecule has 0 aliphatic heterocycles. The highest BCUT2D eigenvalue weighted by atomic mass is 16.4. The molecule has 5 heteroatoms. The fraction of sp³-hybridized carbons (Fsp3) is 0.200. The SMILES string of the molecule is Cc1oc(-c2ccccc2)nc1CC(=O)NCc1ccccc1CO. The highest BCUT2D eigenvalue weighted by Crippen LogP contribution is 2.21. The summed E-state index contributed by atoms with van der Waals surface area (Å²) in [7, 11) is 0. The molecule has 0 bridgehead atoms. The van der Waals surface area contributed by atoms with E-state index in [2.05, 4.69) is 10.3 Å². The minimum absolute atomic E-state index is 0.0468. The lowest BCUT2D eigenvalue weighted by Gasteiger charge is -2.08. The maximum atomic E-state index is 12.2. The van der Waals surface area contributed by atoms with Gasteiger partial charge in [0, 0.05) is 12.1 Å². The third-order valence-electron chi connectivity index (χ3n) is 4.01. The maximum absolute atomic E-state index is 12.2. The van der Waals surface area contributed by atoms with Crippen molar-refractivity contribution in [1.29, 1.82) is 0 Å². The summed E-state index contributed by atoms with van der Waals surface area (Å²) in [6, 6.07) is 17.1. The summed E-state index contributed by atoms with van der Waals surface area (Å²) in [6.07, 6.45) is 0.156. The molecule has 0 fully saturated rings. The fourth-order valence-corrected chi connectivity index (χ4v) is 2.59. The van der Waals surface area contributed by atoms with Gasteiger partial charge in [0.25, 0.3) is 0 Å². The quantitative estimate of drug-likeness (QED) is 0.725. The number of carbonyl (C=O) groups is 1. The number of rotatable bonds is 6. The van der Waals surface area contributed by atoms with Crippen LogP contribution in [0.3, 0.4) is 0 Å². The number of aryl methyl sites for hydroxylation is 1. The van der Waals surface area contributed by atoms with Gasteiger partial charge < -0.3 is 14.8 Å². The number of oxazole rings is 1. The van der Waals surface area contributed by atoms with Crippen molar-refractivity contribution in [1.82, 2.24) is 10.3 Å². The lowest BCUT2D eigenvalue weighted by atomic mass is 10.1. The number of hydrogen-bond acceptors (Lipinski definition) is 4. The molecule has 0 radical (unpaired) electrons. The van der Waals surface area contributed by atoms with Crippen molar-refractivity contribution in [2.75, 3.05) is 0 Å². The Balaban J connectivity index is 1.64. The summed E-state index contributed by atoms with van der Waals surface area (Å²) in [5.74, 6) is 1.03. The van der Waals surface area contributed by atoms with E-state index in [1.807, 2.05) is 61.5 Å². The maximum Gasteiger partial charge on any atom is 0.226 e. The average molecular weight is 336 g/mol. The van der Waals surface area contributed by atoms with Crippen LogP contribution in [-0.4, -0.2) is 16.0 Å². The van der Waals surface area contributed by atoms with Gasteiger partial charge in [-0.1, -0.05) is 42.5 Å². The van der Waals surface area contributed by atoms with Crippen molar-refractivity contribution in [3.8, 4) is 11.5 Å². The minimum Gasteiger partial charge on any atom is -0.441 e. The van der Waals surface area contributed by atoms with E-state index in [4.69, 9.17) is 4.42 Å². The molecule has 0 atom stereocenters. The zero-order chi connectivity index (χ0) is 17.6. The van der Waals surface area contributed by atoms with Gasteiger partial charge in [0.2, 0.25) is 11.8 Å². The van der Waals surface area contributed by atoms with Crippen LogP contribution in [0.5, 0.6) is 0 Å². The second kappa shape index (κ2) is 7.77. The van der Waals surface area contributed by atoms with E-state index in [0.29, 0.717) is 23.9 Å². The predicted molar refractivity (Wildman–Crippen MR) is 94.6 cm³/mol. The first-order chi connectivity index (χ1) is 12.2. The van der Waals surface area contributed by atoms with Crippen LogP contribution in [0.15, 0.2) is 59.0 Å². The topological polar surface area (TPSA) is 75.4 Å². The van der Waals surface area contributed by atoms with E-state index in [1.54, 1.807) is 0 Å². The molecule has 0 saturated carbocycles. The second-order valence-corrected chi connectivity index (χ2v) is 5.77. The molecule has 128 valence electrons. The minimum atomic E-state index is -0.135. The van der Waals surface area contributed by atoms with Gasteiger partial charge in [-0.3, -0.25) is 4.79 Å². The van der Waals surface area contributed by atoms with Crippen molar-refractivity contribution in [2.45, 2.75) is 26.5 Å². The number of benzene rings is 2. The van der Waals surface area contributed by atoms with Gasteiger partial charge in [0.05, 0.1) is 18.7 Å². The Morgan fingerprint density at radius 1 is 1.08 bits per heavy atom. The molecule has 3 aromatic rings. The Morgan fingerprint density at radius 3 is 2.48 bits per heavy atom.